The van der Waals surface area contributed by atoms with Crippen LogP contribution < -0.4 is 10.9 Å². The van der Waals surface area contributed by atoms with Gasteiger partial charge >= 0.3 is 5.63 Å². The van der Waals surface area contributed by atoms with Crippen molar-refractivity contribution in [2.45, 2.75) is 30.7 Å². The van der Waals surface area contributed by atoms with Crippen molar-refractivity contribution in [3.8, 4) is 0 Å². The maximum Gasteiger partial charge on any atom is 0.336 e. The predicted octanol–water partition coefficient (Wildman–Crippen LogP) is 2.28. The molecule has 0 radical (unpaired) electrons. The first-order valence-corrected chi connectivity index (χ1v) is 10.7. The zero-order chi connectivity index (χ0) is 20.6. The van der Waals surface area contributed by atoms with Gasteiger partial charge in [0.15, 0.2) is 5.76 Å². The van der Waals surface area contributed by atoms with E-state index in [9.17, 15) is 18.0 Å². The zero-order valence-electron chi connectivity index (χ0n) is 15.8. The standard InChI is InChI=1S/C20H20N2O6S/c1-13-8-11-27-19(13)20(24)21-15-6-9-22(10-7-15)29(25,26)16-3-4-17-14(12-16)2-5-18(23)28-17/h2-5,8,11-12,15H,6-7,9-10H2,1H3,(H,21,24). The van der Waals surface area contributed by atoms with Crippen molar-refractivity contribution in [3.05, 3.63) is 64.4 Å². The lowest BCUT2D eigenvalue weighted by atomic mass is 10.1. The summed E-state index contributed by atoms with van der Waals surface area (Å²) in [7, 11) is -3.68. The number of sulfonamides is 1. The molecular formula is C20H20N2O6S. The van der Waals surface area contributed by atoms with Crippen molar-refractivity contribution < 1.29 is 22.0 Å². The highest BCUT2D eigenvalue weighted by Gasteiger charge is 2.30. The van der Waals surface area contributed by atoms with E-state index in [1.807, 2.05) is 0 Å². The second-order valence-electron chi connectivity index (χ2n) is 7.04. The molecule has 1 fully saturated rings. The Morgan fingerprint density at radius 2 is 1.90 bits per heavy atom. The molecule has 1 aromatic carbocycles. The van der Waals surface area contributed by atoms with Gasteiger partial charge in [0.05, 0.1) is 11.2 Å². The van der Waals surface area contributed by atoms with Crippen LogP contribution in [0.1, 0.15) is 29.0 Å². The molecule has 3 heterocycles. The third-order valence-electron chi connectivity index (χ3n) is 5.09. The van der Waals surface area contributed by atoms with E-state index in [0.717, 1.165) is 5.56 Å². The van der Waals surface area contributed by atoms with E-state index in [1.54, 1.807) is 19.1 Å². The molecule has 2 aromatic heterocycles. The molecule has 1 amide bonds. The van der Waals surface area contributed by atoms with Crippen LogP contribution in [-0.4, -0.2) is 37.8 Å². The van der Waals surface area contributed by atoms with Crippen LogP contribution in [0.2, 0.25) is 0 Å². The summed E-state index contributed by atoms with van der Waals surface area (Å²) in [6.45, 7) is 2.39. The van der Waals surface area contributed by atoms with Gasteiger partial charge in [-0.1, -0.05) is 0 Å². The molecule has 1 saturated heterocycles. The Morgan fingerprint density at radius 3 is 2.59 bits per heavy atom. The van der Waals surface area contributed by atoms with Gasteiger partial charge < -0.3 is 14.2 Å². The molecule has 0 bridgehead atoms. The largest absolute Gasteiger partial charge is 0.459 e. The van der Waals surface area contributed by atoms with Crippen LogP contribution in [0.3, 0.4) is 0 Å². The molecule has 1 aliphatic rings. The smallest absolute Gasteiger partial charge is 0.336 e. The average Bonchev–Trinajstić information content (AvgIpc) is 3.14. The second kappa shape index (κ2) is 7.49. The number of benzene rings is 1. The van der Waals surface area contributed by atoms with Gasteiger partial charge in [0.1, 0.15) is 5.58 Å². The van der Waals surface area contributed by atoms with Crippen molar-refractivity contribution in [3.63, 3.8) is 0 Å². The molecule has 0 saturated carbocycles. The molecule has 4 rings (SSSR count). The van der Waals surface area contributed by atoms with E-state index in [4.69, 9.17) is 8.83 Å². The van der Waals surface area contributed by atoms with Crippen LogP contribution in [0.15, 0.2) is 61.2 Å². The Kier molecular flexibility index (Phi) is 5.01. The fraction of sp³-hybridized carbons (Fsp3) is 0.300. The van der Waals surface area contributed by atoms with Crippen molar-refractivity contribution in [2.24, 2.45) is 0 Å². The number of amides is 1. The van der Waals surface area contributed by atoms with Gasteiger partial charge in [0, 0.05) is 36.1 Å². The quantitative estimate of drug-likeness (QED) is 0.654. The van der Waals surface area contributed by atoms with Crippen molar-refractivity contribution in [1.82, 2.24) is 9.62 Å². The lowest BCUT2D eigenvalue weighted by Crippen LogP contribution is -2.46. The maximum absolute atomic E-state index is 13.0. The summed E-state index contributed by atoms with van der Waals surface area (Å²) in [6, 6.07) is 8.83. The third-order valence-corrected chi connectivity index (χ3v) is 6.98. The van der Waals surface area contributed by atoms with E-state index >= 15 is 0 Å². The Bertz CT molecular complexity index is 1220. The average molecular weight is 416 g/mol. The van der Waals surface area contributed by atoms with Gasteiger partial charge in [0.2, 0.25) is 10.0 Å². The van der Waals surface area contributed by atoms with Crippen LogP contribution in [0.5, 0.6) is 0 Å². The van der Waals surface area contributed by atoms with E-state index in [-0.39, 0.29) is 22.6 Å². The minimum absolute atomic E-state index is 0.121. The van der Waals surface area contributed by atoms with Crippen molar-refractivity contribution >= 4 is 26.9 Å². The van der Waals surface area contributed by atoms with E-state index in [1.165, 1.54) is 34.8 Å². The second-order valence-corrected chi connectivity index (χ2v) is 8.98. The molecule has 1 N–H and O–H groups in total. The molecule has 152 valence electrons. The highest BCUT2D eigenvalue weighted by atomic mass is 32.2. The molecule has 0 atom stereocenters. The van der Waals surface area contributed by atoms with Crippen LogP contribution >= 0.6 is 0 Å². The van der Waals surface area contributed by atoms with Crippen molar-refractivity contribution in [2.75, 3.05) is 13.1 Å². The van der Waals surface area contributed by atoms with Gasteiger partial charge in [0.25, 0.3) is 5.91 Å². The summed E-state index contributed by atoms with van der Waals surface area (Å²) in [4.78, 5) is 23.7. The van der Waals surface area contributed by atoms with Crippen LogP contribution in [-0.2, 0) is 10.0 Å². The molecule has 8 nitrogen and oxygen atoms in total. The normalized spacial score (nSPS) is 16.2. The fourth-order valence-electron chi connectivity index (χ4n) is 3.46. The molecule has 29 heavy (non-hydrogen) atoms. The van der Waals surface area contributed by atoms with E-state index in [0.29, 0.717) is 36.9 Å². The topological polar surface area (TPSA) is 110 Å². The first-order valence-electron chi connectivity index (χ1n) is 9.23. The number of fused-ring (bicyclic) bond motifs is 1. The van der Waals surface area contributed by atoms with Crippen molar-refractivity contribution in [1.29, 1.82) is 0 Å². The number of rotatable bonds is 4. The van der Waals surface area contributed by atoms with Gasteiger partial charge in [-0.05, 0) is 50.1 Å². The predicted molar refractivity (Wildman–Crippen MR) is 105 cm³/mol. The number of carbonyl (C=O) groups is 1. The Balaban J connectivity index is 1.45. The summed E-state index contributed by atoms with van der Waals surface area (Å²) < 4.78 is 37.6. The molecule has 3 aromatic rings. The number of piperidine rings is 1. The van der Waals surface area contributed by atoms with E-state index in [2.05, 4.69) is 5.32 Å². The number of carbonyl (C=O) groups excluding carboxylic acids is 1. The number of nitrogens with one attached hydrogen (secondary N) is 1. The summed E-state index contributed by atoms with van der Waals surface area (Å²) >= 11 is 0. The summed E-state index contributed by atoms with van der Waals surface area (Å²) in [5, 5.41) is 3.45. The lowest BCUT2D eigenvalue weighted by molar-refractivity contribution is 0.0895. The van der Waals surface area contributed by atoms with Crippen LogP contribution in [0.25, 0.3) is 11.0 Å². The summed E-state index contributed by atoms with van der Waals surface area (Å²) in [5.41, 5.74) is 0.614. The van der Waals surface area contributed by atoms with E-state index < -0.39 is 15.6 Å². The zero-order valence-corrected chi connectivity index (χ0v) is 16.6. The summed E-state index contributed by atoms with van der Waals surface area (Å²) in [5.74, 6) is -0.00676. The first-order chi connectivity index (χ1) is 13.8. The number of aryl methyl sites for hydroxylation is 1. The Labute approximate surface area is 167 Å². The highest BCUT2D eigenvalue weighted by molar-refractivity contribution is 7.89. The highest BCUT2D eigenvalue weighted by Crippen LogP contribution is 2.24. The molecule has 9 heteroatoms. The minimum Gasteiger partial charge on any atom is -0.459 e. The van der Waals surface area contributed by atoms with Gasteiger partial charge in [-0.25, -0.2) is 13.2 Å². The molecular weight excluding hydrogens is 396 g/mol. The lowest BCUT2D eigenvalue weighted by Gasteiger charge is -2.31. The first kappa shape index (κ1) is 19.4. The van der Waals surface area contributed by atoms with Crippen LogP contribution in [0.4, 0.5) is 0 Å². The Morgan fingerprint density at radius 1 is 1.14 bits per heavy atom. The number of nitrogens with zero attached hydrogens (tertiary/aromatic N) is 1. The number of furan rings is 1. The minimum atomic E-state index is -3.68. The van der Waals surface area contributed by atoms with Gasteiger partial charge in [-0.15, -0.1) is 0 Å². The number of hydrogen-bond acceptors (Lipinski definition) is 6. The molecule has 0 unspecified atom stereocenters. The monoisotopic (exact) mass is 416 g/mol. The molecule has 0 spiro atoms. The number of hydrogen-bond donors (Lipinski definition) is 1. The third kappa shape index (κ3) is 3.83. The SMILES string of the molecule is Cc1ccoc1C(=O)NC1CCN(S(=O)(=O)c2ccc3oc(=O)ccc3c2)CC1. The van der Waals surface area contributed by atoms with Gasteiger partial charge in [-0.3, -0.25) is 4.79 Å². The summed E-state index contributed by atoms with van der Waals surface area (Å²) in [6.07, 6.45) is 2.48. The molecule has 1 aliphatic heterocycles. The van der Waals surface area contributed by atoms with Crippen LogP contribution in [0, 0.1) is 6.92 Å². The molecule has 0 aliphatic carbocycles. The fourth-order valence-corrected chi connectivity index (χ4v) is 4.96. The Hall–Kier alpha value is -2.91. The van der Waals surface area contributed by atoms with Gasteiger partial charge in [-0.2, -0.15) is 4.31 Å². The maximum atomic E-state index is 13.0.